The SMILES string of the molecule is CO[C@H]1O[C@H](CO[C@H]2O[C@H](COCc3ccccc3)[C@@H](OCc3ccccc3)[C@H](OCc3ccccc3)[C@@H]2O)[C@@H](OCc2ccccc2)[C@H](OCc2ccccc2)[C@@H]1OCc1ccccc1. The van der Waals surface area contributed by atoms with Crippen molar-refractivity contribution in [1.82, 2.24) is 0 Å². The van der Waals surface area contributed by atoms with Crippen molar-refractivity contribution >= 4 is 0 Å². The maximum atomic E-state index is 12.3. The van der Waals surface area contributed by atoms with Crippen molar-refractivity contribution < 1.29 is 52.5 Å². The summed E-state index contributed by atoms with van der Waals surface area (Å²) < 4.78 is 65.9. The Morgan fingerprint density at radius 3 is 1.08 bits per heavy atom. The number of hydrogen-bond donors (Lipinski definition) is 1. The van der Waals surface area contributed by atoms with Gasteiger partial charge < -0.3 is 52.5 Å². The lowest BCUT2D eigenvalue weighted by Gasteiger charge is -2.47. The van der Waals surface area contributed by atoms with Gasteiger partial charge in [0.25, 0.3) is 0 Å². The molecule has 0 radical (unpaired) electrons. The van der Waals surface area contributed by atoms with Crippen LogP contribution >= 0.6 is 0 Å². The number of methoxy groups -OCH3 is 1. The minimum Gasteiger partial charge on any atom is -0.385 e. The van der Waals surface area contributed by atoms with Gasteiger partial charge in [0.1, 0.15) is 48.8 Å². The molecule has 6 aromatic carbocycles. The van der Waals surface area contributed by atoms with Crippen LogP contribution in [0, 0.1) is 0 Å². The molecule has 0 saturated carbocycles. The third-order valence-electron chi connectivity index (χ3n) is 11.7. The summed E-state index contributed by atoms with van der Waals surface area (Å²) in [4.78, 5) is 0. The minimum absolute atomic E-state index is 0.0732. The number of aliphatic hydroxyl groups excluding tert-OH is 1. The fourth-order valence-corrected chi connectivity index (χ4v) is 8.22. The van der Waals surface area contributed by atoms with Crippen LogP contribution in [0.2, 0.25) is 0 Å². The van der Waals surface area contributed by atoms with E-state index in [1.807, 2.05) is 182 Å². The molecular weight excluding hydrogens is 837 g/mol. The molecule has 11 nitrogen and oxygen atoms in total. The number of aliphatic hydroxyl groups is 1. The number of rotatable bonds is 23. The van der Waals surface area contributed by atoms with E-state index in [-0.39, 0.29) is 39.6 Å². The van der Waals surface area contributed by atoms with E-state index in [9.17, 15) is 5.11 Å². The molecule has 0 unspecified atom stereocenters. The summed E-state index contributed by atoms with van der Waals surface area (Å²) >= 11 is 0. The van der Waals surface area contributed by atoms with Gasteiger partial charge in [-0.05, 0) is 33.4 Å². The molecule has 0 amide bonds. The molecule has 11 heteroatoms. The lowest BCUT2D eigenvalue weighted by molar-refractivity contribution is -0.346. The quantitative estimate of drug-likeness (QED) is 0.0668. The summed E-state index contributed by atoms with van der Waals surface area (Å²) in [7, 11) is 1.58. The molecule has 2 heterocycles. The second kappa shape index (κ2) is 25.1. The van der Waals surface area contributed by atoms with Gasteiger partial charge in [-0.1, -0.05) is 182 Å². The molecule has 8 rings (SSSR count). The Labute approximate surface area is 388 Å². The number of hydrogen-bond acceptors (Lipinski definition) is 11. The smallest absolute Gasteiger partial charge is 0.186 e. The highest BCUT2D eigenvalue weighted by atomic mass is 16.7. The first-order chi connectivity index (χ1) is 32.6. The highest BCUT2D eigenvalue weighted by molar-refractivity contribution is 5.18. The molecule has 2 aliphatic heterocycles. The summed E-state index contributed by atoms with van der Waals surface area (Å²) in [5.74, 6) is 0. The molecule has 346 valence electrons. The van der Waals surface area contributed by atoms with Gasteiger partial charge in [0.15, 0.2) is 12.6 Å². The maximum absolute atomic E-state index is 12.3. The van der Waals surface area contributed by atoms with Crippen molar-refractivity contribution in [1.29, 1.82) is 0 Å². The average molecular weight is 897 g/mol. The Hall–Kier alpha value is -5.12. The summed E-state index contributed by atoms with van der Waals surface area (Å²) in [5.41, 5.74) is 5.87. The molecule has 0 aromatic heterocycles. The van der Waals surface area contributed by atoms with Crippen LogP contribution in [0.3, 0.4) is 0 Å². The van der Waals surface area contributed by atoms with E-state index in [1.54, 1.807) is 7.11 Å². The van der Waals surface area contributed by atoms with Crippen LogP contribution in [0.1, 0.15) is 33.4 Å². The van der Waals surface area contributed by atoms with Gasteiger partial charge in [0.05, 0.1) is 52.9 Å². The molecule has 0 bridgehead atoms. The van der Waals surface area contributed by atoms with Gasteiger partial charge in [0, 0.05) is 7.11 Å². The minimum atomic E-state index is -1.28. The van der Waals surface area contributed by atoms with Crippen LogP contribution in [0.4, 0.5) is 0 Å². The Bertz CT molecular complexity index is 2220. The average Bonchev–Trinajstić information content (AvgIpc) is 3.37. The van der Waals surface area contributed by atoms with E-state index < -0.39 is 61.4 Å². The van der Waals surface area contributed by atoms with Crippen molar-refractivity contribution in [3.63, 3.8) is 0 Å². The fourth-order valence-electron chi connectivity index (χ4n) is 8.22. The second-order valence-corrected chi connectivity index (χ2v) is 16.5. The van der Waals surface area contributed by atoms with Crippen LogP contribution in [-0.4, -0.2) is 86.8 Å². The van der Waals surface area contributed by atoms with Crippen LogP contribution < -0.4 is 0 Å². The molecule has 2 aliphatic rings. The van der Waals surface area contributed by atoms with Gasteiger partial charge in [-0.15, -0.1) is 0 Å². The Kier molecular flexibility index (Phi) is 18.0. The van der Waals surface area contributed by atoms with E-state index >= 15 is 0 Å². The summed E-state index contributed by atoms with van der Waals surface area (Å²) in [5, 5.41) is 12.3. The highest BCUT2D eigenvalue weighted by Gasteiger charge is 2.51. The third-order valence-corrected chi connectivity index (χ3v) is 11.7. The first-order valence-corrected chi connectivity index (χ1v) is 22.6. The van der Waals surface area contributed by atoms with Crippen LogP contribution in [0.25, 0.3) is 0 Å². The Morgan fingerprint density at radius 1 is 0.348 bits per heavy atom. The molecule has 2 saturated heterocycles. The van der Waals surface area contributed by atoms with Crippen LogP contribution in [0.5, 0.6) is 0 Å². The zero-order chi connectivity index (χ0) is 45.2. The summed E-state index contributed by atoms with van der Waals surface area (Å²) in [6, 6.07) is 59.5. The standard InChI is InChI=1S/C55H60O11/c1-57-55-53(63-37-45-30-18-7-19-31-45)52(62-36-44-28-16-6-17-29-44)50(60-34-42-24-12-4-13-25-42)47(66-55)39-64-54-48(56)51(61-35-43-26-14-5-15-27-43)49(59-33-41-22-10-3-11-23-41)46(65-54)38-58-32-40-20-8-2-9-21-40/h2-31,46-56H,32-39H2,1H3/t46-,47-,48+,49-,50-,51-,52+,53+,54+,55+/m1/s1. The highest BCUT2D eigenvalue weighted by Crippen LogP contribution is 2.34. The van der Waals surface area contributed by atoms with E-state index in [1.165, 1.54) is 0 Å². The van der Waals surface area contributed by atoms with Gasteiger partial charge >= 0.3 is 0 Å². The maximum Gasteiger partial charge on any atom is 0.186 e. The zero-order valence-corrected chi connectivity index (χ0v) is 37.3. The van der Waals surface area contributed by atoms with Crippen molar-refractivity contribution in [2.75, 3.05) is 20.3 Å². The first-order valence-electron chi connectivity index (χ1n) is 22.6. The van der Waals surface area contributed by atoms with Crippen molar-refractivity contribution in [2.45, 2.75) is 101 Å². The molecule has 1 N–H and O–H groups in total. The van der Waals surface area contributed by atoms with Gasteiger partial charge in [-0.2, -0.15) is 0 Å². The van der Waals surface area contributed by atoms with E-state index in [2.05, 4.69) is 0 Å². The third kappa shape index (κ3) is 13.5. The van der Waals surface area contributed by atoms with Gasteiger partial charge in [-0.25, -0.2) is 0 Å². The summed E-state index contributed by atoms with van der Waals surface area (Å²) in [6.45, 7) is 1.74. The lowest BCUT2D eigenvalue weighted by Crippen LogP contribution is -2.63. The molecule has 66 heavy (non-hydrogen) atoms. The topological polar surface area (TPSA) is 113 Å². The molecular formula is C55H60O11. The number of ether oxygens (including phenoxy) is 10. The van der Waals surface area contributed by atoms with E-state index in [4.69, 9.17) is 47.4 Å². The van der Waals surface area contributed by atoms with Crippen molar-refractivity contribution in [3.05, 3.63) is 215 Å². The predicted molar refractivity (Wildman–Crippen MR) is 247 cm³/mol. The Balaban J connectivity index is 1.07. The molecule has 10 atom stereocenters. The van der Waals surface area contributed by atoms with Crippen LogP contribution in [0.15, 0.2) is 182 Å². The van der Waals surface area contributed by atoms with E-state index in [0.29, 0.717) is 13.2 Å². The predicted octanol–water partition coefficient (Wildman–Crippen LogP) is 8.60. The largest absolute Gasteiger partial charge is 0.385 e. The monoisotopic (exact) mass is 896 g/mol. The second-order valence-electron chi connectivity index (χ2n) is 16.5. The molecule has 0 spiro atoms. The van der Waals surface area contributed by atoms with Crippen molar-refractivity contribution in [2.24, 2.45) is 0 Å². The van der Waals surface area contributed by atoms with Crippen molar-refractivity contribution in [3.8, 4) is 0 Å². The van der Waals surface area contributed by atoms with Gasteiger partial charge in [0.2, 0.25) is 0 Å². The molecule has 6 aromatic rings. The fraction of sp³-hybridized carbons (Fsp3) is 0.345. The normalized spacial score (nSPS) is 25.4. The van der Waals surface area contributed by atoms with Crippen LogP contribution in [-0.2, 0) is 87.0 Å². The number of benzene rings is 6. The summed E-state index contributed by atoms with van der Waals surface area (Å²) in [6.07, 6.45) is -8.50. The molecule has 2 fully saturated rings. The van der Waals surface area contributed by atoms with Gasteiger partial charge in [-0.3, -0.25) is 0 Å². The van der Waals surface area contributed by atoms with E-state index in [0.717, 1.165) is 33.4 Å². The molecule has 0 aliphatic carbocycles. The zero-order valence-electron chi connectivity index (χ0n) is 37.3. The first kappa shape index (κ1) is 47.4. The lowest BCUT2D eigenvalue weighted by atomic mass is 9.97. The Morgan fingerprint density at radius 2 is 0.667 bits per heavy atom.